The maximum absolute atomic E-state index is 13.1. The molecule has 0 saturated carbocycles. The van der Waals surface area contributed by atoms with E-state index in [1.54, 1.807) is 22.7 Å². The molecule has 0 bridgehead atoms. The van der Waals surface area contributed by atoms with Gasteiger partial charge in [0.15, 0.2) is 0 Å². The van der Waals surface area contributed by atoms with Gasteiger partial charge in [0.2, 0.25) is 0 Å². The lowest BCUT2D eigenvalue weighted by Gasteiger charge is -2.28. The van der Waals surface area contributed by atoms with E-state index in [0.717, 1.165) is 49.7 Å². The number of benzene rings is 1. The number of thiophene rings is 1. The molecule has 3 aromatic rings. The topological polar surface area (TPSA) is 54.5 Å². The van der Waals surface area contributed by atoms with Crippen LogP contribution in [0.5, 0.6) is 0 Å². The fourth-order valence-electron chi connectivity index (χ4n) is 3.60. The van der Waals surface area contributed by atoms with Gasteiger partial charge in [-0.05, 0) is 32.4 Å². The summed E-state index contributed by atoms with van der Waals surface area (Å²) in [7, 11) is 0. The van der Waals surface area contributed by atoms with Crippen molar-refractivity contribution in [1.82, 2.24) is 10.3 Å². The zero-order valence-electron chi connectivity index (χ0n) is 16.9. The third-order valence-corrected chi connectivity index (χ3v) is 7.45. The maximum atomic E-state index is 13.1. The van der Waals surface area contributed by atoms with Gasteiger partial charge >= 0.3 is 0 Å². The molecular formula is C22H25N3O2S2. The minimum absolute atomic E-state index is 0.0374. The predicted octanol–water partition coefficient (Wildman–Crippen LogP) is 4.82. The summed E-state index contributed by atoms with van der Waals surface area (Å²) in [6.45, 7) is 9.14. The molecule has 1 aromatic carbocycles. The molecule has 0 radical (unpaired) electrons. The lowest BCUT2D eigenvalue weighted by Crippen LogP contribution is -2.35. The Morgan fingerprint density at radius 3 is 2.55 bits per heavy atom. The van der Waals surface area contributed by atoms with Gasteiger partial charge in [0.25, 0.3) is 5.91 Å². The number of aromatic nitrogens is 1. The first-order chi connectivity index (χ1) is 14.0. The molecular weight excluding hydrogens is 402 g/mol. The van der Waals surface area contributed by atoms with E-state index in [9.17, 15) is 4.79 Å². The fourth-order valence-corrected chi connectivity index (χ4v) is 5.67. The highest BCUT2D eigenvalue weighted by atomic mass is 32.1. The van der Waals surface area contributed by atoms with Crippen LogP contribution in [0.3, 0.4) is 0 Å². The van der Waals surface area contributed by atoms with Crippen molar-refractivity contribution < 1.29 is 9.53 Å². The largest absolute Gasteiger partial charge is 0.378 e. The van der Waals surface area contributed by atoms with Gasteiger partial charge in [0.1, 0.15) is 0 Å². The molecule has 1 atom stereocenters. The molecule has 5 nitrogen and oxygen atoms in total. The molecule has 0 spiro atoms. The number of thiazole rings is 1. The number of aryl methyl sites for hydroxylation is 2. The van der Waals surface area contributed by atoms with Crippen LogP contribution < -0.4 is 10.2 Å². The van der Waals surface area contributed by atoms with E-state index in [2.05, 4.69) is 27.3 Å². The highest BCUT2D eigenvalue weighted by Gasteiger charge is 2.23. The van der Waals surface area contributed by atoms with Crippen molar-refractivity contribution in [2.24, 2.45) is 0 Å². The number of carbonyl (C=O) groups is 1. The number of hydrogen-bond donors (Lipinski definition) is 1. The van der Waals surface area contributed by atoms with Crippen LogP contribution >= 0.6 is 22.7 Å². The average molecular weight is 428 g/mol. The standard InChI is InChI=1S/C22H25N3O2S2/c1-14-20(28-16(3)23-14)15(2)24-21(26)19-13-18(17-7-5-4-6-8-17)22(29-19)25-9-11-27-12-10-25/h4-8,13,15H,9-12H2,1-3H3,(H,24,26)/t15-/m0/s1. The first kappa shape index (κ1) is 20.1. The van der Waals surface area contributed by atoms with Gasteiger partial charge in [-0.2, -0.15) is 0 Å². The summed E-state index contributed by atoms with van der Waals surface area (Å²) in [5, 5.41) is 5.32. The highest BCUT2D eigenvalue weighted by molar-refractivity contribution is 7.18. The summed E-state index contributed by atoms with van der Waals surface area (Å²) >= 11 is 3.20. The van der Waals surface area contributed by atoms with Crippen molar-refractivity contribution in [1.29, 1.82) is 0 Å². The van der Waals surface area contributed by atoms with Crippen molar-refractivity contribution in [3.63, 3.8) is 0 Å². The van der Waals surface area contributed by atoms with Crippen LogP contribution in [0.25, 0.3) is 11.1 Å². The Kier molecular flexibility index (Phi) is 5.99. The lowest BCUT2D eigenvalue weighted by atomic mass is 10.1. The molecule has 4 rings (SSSR count). The highest BCUT2D eigenvalue weighted by Crippen LogP contribution is 2.39. The van der Waals surface area contributed by atoms with E-state index in [1.807, 2.05) is 45.0 Å². The Balaban J connectivity index is 1.62. The first-order valence-corrected chi connectivity index (χ1v) is 11.4. The molecule has 1 N–H and O–H groups in total. The molecule has 1 fully saturated rings. The van der Waals surface area contributed by atoms with Crippen molar-refractivity contribution in [2.75, 3.05) is 31.2 Å². The minimum atomic E-state index is -0.0668. The molecule has 0 aliphatic carbocycles. The van der Waals surface area contributed by atoms with Crippen molar-refractivity contribution >= 4 is 33.6 Å². The number of rotatable bonds is 5. The van der Waals surface area contributed by atoms with E-state index in [0.29, 0.717) is 13.2 Å². The van der Waals surface area contributed by atoms with Crippen molar-refractivity contribution in [3.05, 3.63) is 56.9 Å². The Morgan fingerprint density at radius 1 is 1.17 bits per heavy atom. The third kappa shape index (κ3) is 4.37. The second-order valence-corrected chi connectivity index (χ2v) is 9.44. The van der Waals surface area contributed by atoms with Gasteiger partial charge in [-0.25, -0.2) is 4.98 Å². The van der Waals surface area contributed by atoms with Gasteiger partial charge in [-0.15, -0.1) is 22.7 Å². The van der Waals surface area contributed by atoms with Gasteiger partial charge in [0.05, 0.1) is 39.8 Å². The van der Waals surface area contributed by atoms with Gasteiger partial charge < -0.3 is 15.0 Å². The quantitative estimate of drug-likeness (QED) is 0.634. The average Bonchev–Trinajstić information content (AvgIpc) is 3.32. The normalized spacial score (nSPS) is 15.3. The van der Waals surface area contributed by atoms with E-state index in [1.165, 1.54) is 0 Å². The Hall–Kier alpha value is -2.22. The number of nitrogens with zero attached hydrogens (tertiary/aromatic N) is 2. The van der Waals surface area contributed by atoms with Gasteiger partial charge in [-0.3, -0.25) is 4.79 Å². The number of amides is 1. The second kappa shape index (κ2) is 8.65. The van der Waals surface area contributed by atoms with Crippen LogP contribution in [-0.2, 0) is 4.74 Å². The van der Waals surface area contributed by atoms with Crippen LogP contribution in [0.15, 0.2) is 36.4 Å². The summed E-state index contributed by atoms with van der Waals surface area (Å²) < 4.78 is 5.51. The summed E-state index contributed by atoms with van der Waals surface area (Å²) in [6.07, 6.45) is 0. The van der Waals surface area contributed by atoms with Crippen LogP contribution in [0.1, 0.15) is 38.2 Å². The molecule has 2 aromatic heterocycles. The van der Waals surface area contributed by atoms with Crippen LogP contribution in [0.4, 0.5) is 5.00 Å². The molecule has 0 unspecified atom stereocenters. The number of nitrogens with one attached hydrogen (secondary N) is 1. The van der Waals surface area contributed by atoms with E-state index >= 15 is 0 Å². The number of morpholine rings is 1. The summed E-state index contributed by atoms with van der Waals surface area (Å²) in [4.78, 5) is 21.7. The number of ether oxygens (including phenoxy) is 1. The lowest BCUT2D eigenvalue weighted by molar-refractivity contribution is 0.0944. The van der Waals surface area contributed by atoms with E-state index < -0.39 is 0 Å². The van der Waals surface area contributed by atoms with Crippen LogP contribution in [0.2, 0.25) is 0 Å². The SMILES string of the molecule is Cc1nc(C)c([C@H](C)NC(=O)c2cc(-c3ccccc3)c(N3CCOCC3)s2)s1. The van der Waals surface area contributed by atoms with Crippen LogP contribution in [-0.4, -0.2) is 37.2 Å². The second-order valence-electron chi connectivity index (χ2n) is 7.17. The molecule has 1 aliphatic rings. The zero-order chi connectivity index (χ0) is 20.4. The fraction of sp³-hybridized carbons (Fsp3) is 0.364. The molecule has 1 amide bonds. The molecule has 1 aliphatic heterocycles. The van der Waals surface area contributed by atoms with E-state index in [-0.39, 0.29) is 11.9 Å². The molecule has 1 saturated heterocycles. The zero-order valence-corrected chi connectivity index (χ0v) is 18.5. The minimum Gasteiger partial charge on any atom is -0.378 e. The third-order valence-electron chi connectivity index (χ3n) is 5.00. The monoisotopic (exact) mass is 427 g/mol. The van der Waals surface area contributed by atoms with Gasteiger partial charge in [-0.1, -0.05) is 30.3 Å². The van der Waals surface area contributed by atoms with Crippen molar-refractivity contribution in [3.8, 4) is 11.1 Å². The molecule has 29 heavy (non-hydrogen) atoms. The summed E-state index contributed by atoms with van der Waals surface area (Å²) in [6, 6.07) is 12.2. The van der Waals surface area contributed by atoms with Crippen molar-refractivity contribution in [2.45, 2.75) is 26.8 Å². The Bertz CT molecular complexity index is 991. The number of carbonyl (C=O) groups excluding carboxylic acids is 1. The van der Waals surface area contributed by atoms with E-state index in [4.69, 9.17) is 4.74 Å². The maximum Gasteiger partial charge on any atom is 0.261 e. The van der Waals surface area contributed by atoms with Gasteiger partial charge in [0, 0.05) is 23.5 Å². The molecule has 3 heterocycles. The summed E-state index contributed by atoms with van der Waals surface area (Å²) in [5.41, 5.74) is 3.23. The number of hydrogen-bond acceptors (Lipinski definition) is 6. The molecule has 7 heteroatoms. The smallest absolute Gasteiger partial charge is 0.261 e. The molecule has 152 valence electrons. The Labute approximate surface area is 179 Å². The van der Waals surface area contributed by atoms with Crippen LogP contribution in [0, 0.1) is 13.8 Å². The Morgan fingerprint density at radius 2 is 1.90 bits per heavy atom. The summed E-state index contributed by atoms with van der Waals surface area (Å²) in [5.74, 6) is -0.0374. The first-order valence-electron chi connectivity index (χ1n) is 9.79. The number of anilines is 1. The predicted molar refractivity (Wildman–Crippen MR) is 120 cm³/mol.